The van der Waals surface area contributed by atoms with Gasteiger partial charge in [0, 0.05) is 29.3 Å². The lowest BCUT2D eigenvalue weighted by Gasteiger charge is -2.36. The van der Waals surface area contributed by atoms with E-state index in [-0.39, 0.29) is 16.0 Å². The maximum Gasteiger partial charge on any atom is 0.340 e. The van der Waals surface area contributed by atoms with Gasteiger partial charge in [0.05, 0.1) is 0 Å². The van der Waals surface area contributed by atoms with Gasteiger partial charge in [-0.2, -0.15) is 21.2 Å². The van der Waals surface area contributed by atoms with Crippen molar-refractivity contribution in [2.75, 3.05) is 18.8 Å². The van der Waals surface area contributed by atoms with Crippen LogP contribution in [0.3, 0.4) is 0 Å². The lowest BCUT2D eigenvalue weighted by atomic mass is 10.2. The molecule has 2 rings (SSSR count). The zero-order valence-corrected chi connectivity index (χ0v) is 13.1. The van der Waals surface area contributed by atoms with E-state index in [1.165, 1.54) is 11.2 Å². The number of carbonyl (C=O) groups is 1. The number of aromatic carboxylic acids is 1. The molecule has 0 unspecified atom stereocenters. The van der Waals surface area contributed by atoms with Gasteiger partial charge in [0.25, 0.3) is 10.0 Å². The molecule has 0 spiro atoms. The Morgan fingerprint density at radius 3 is 2.70 bits per heavy atom. The molecule has 2 N–H and O–H groups in total. The summed E-state index contributed by atoms with van der Waals surface area (Å²) in [5.41, 5.74) is -0.0391. The van der Waals surface area contributed by atoms with Crippen molar-refractivity contribution >= 4 is 27.8 Å². The minimum atomic E-state index is -3.89. The predicted molar refractivity (Wildman–Crippen MR) is 75.6 cm³/mol. The molecule has 0 aliphatic carbocycles. The summed E-state index contributed by atoms with van der Waals surface area (Å²) in [4.78, 5) is 11.2. The number of H-pyrrole nitrogens is 1. The van der Waals surface area contributed by atoms with Gasteiger partial charge in [-0.15, -0.1) is 0 Å². The average molecular weight is 319 g/mol. The molecule has 0 saturated carbocycles. The van der Waals surface area contributed by atoms with E-state index in [0.717, 1.165) is 0 Å². The number of hydrogen-bond donors (Lipinski definition) is 2. The van der Waals surface area contributed by atoms with Gasteiger partial charge >= 0.3 is 5.97 Å². The highest BCUT2D eigenvalue weighted by molar-refractivity contribution is 8.00. The molecule has 1 aliphatic rings. The molecule has 20 heavy (non-hydrogen) atoms. The van der Waals surface area contributed by atoms with Crippen LogP contribution in [0.2, 0.25) is 0 Å². The Labute approximate surface area is 121 Å². The SMILES string of the molecule is Cc1[nH]nc(S(=O)(=O)N2CCSC(C)(C)C2)c1C(=O)O. The van der Waals surface area contributed by atoms with Crippen molar-refractivity contribution in [3.8, 4) is 0 Å². The van der Waals surface area contributed by atoms with Crippen LogP contribution in [0.5, 0.6) is 0 Å². The largest absolute Gasteiger partial charge is 0.478 e. The topological polar surface area (TPSA) is 103 Å². The molecule has 1 aliphatic heterocycles. The highest BCUT2D eigenvalue weighted by atomic mass is 32.2. The summed E-state index contributed by atoms with van der Waals surface area (Å²) in [6.45, 7) is 6.12. The second-order valence-electron chi connectivity index (χ2n) is 5.28. The fourth-order valence-electron chi connectivity index (χ4n) is 2.15. The van der Waals surface area contributed by atoms with Crippen molar-refractivity contribution in [1.82, 2.24) is 14.5 Å². The molecule has 1 aromatic heterocycles. The minimum absolute atomic E-state index is 0.194. The van der Waals surface area contributed by atoms with Gasteiger partial charge in [-0.1, -0.05) is 0 Å². The van der Waals surface area contributed by atoms with Crippen LogP contribution in [0, 0.1) is 6.92 Å². The summed E-state index contributed by atoms with van der Waals surface area (Å²) < 4.78 is 26.3. The van der Waals surface area contributed by atoms with Crippen LogP contribution < -0.4 is 0 Å². The van der Waals surface area contributed by atoms with Crippen molar-refractivity contribution in [2.45, 2.75) is 30.5 Å². The van der Waals surface area contributed by atoms with Crippen LogP contribution in [0.1, 0.15) is 29.9 Å². The number of carboxylic acids is 1. The van der Waals surface area contributed by atoms with Gasteiger partial charge in [0.1, 0.15) is 5.56 Å². The van der Waals surface area contributed by atoms with Crippen LogP contribution >= 0.6 is 11.8 Å². The number of aromatic nitrogens is 2. The molecule has 0 amide bonds. The minimum Gasteiger partial charge on any atom is -0.478 e. The van der Waals surface area contributed by atoms with Gasteiger partial charge in [0.2, 0.25) is 5.03 Å². The molecule has 0 atom stereocenters. The van der Waals surface area contributed by atoms with Gasteiger partial charge < -0.3 is 5.11 Å². The number of aromatic amines is 1. The van der Waals surface area contributed by atoms with Gasteiger partial charge in [-0.05, 0) is 20.8 Å². The van der Waals surface area contributed by atoms with Crippen LogP contribution in [-0.2, 0) is 10.0 Å². The standard InChI is InChI=1S/C11H17N3O4S2/c1-7-8(10(15)16)9(13-12-7)20(17,18)14-4-5-19-11(2,3)6-14/h4-6H2,1-3H3,(H,12,13)(H,15,16). The predicted octanol–water partition coefficient (Wildman–Crippen LogP) is 0.932. The van der Waals surface area contributed by atoms with Crippen LogP contribution in [0.25, 0.3) is 0 Å². The van der Waals surface area contributed by atoms with Crippen molar-refractivity contribution < 1.29 is 18.3 Å². The quantitative estimate of drug-likeness (QED) is 0.859. The third-order valence-electron chi connectivity index (χ3n) is 3.10. The molecule has 0 radical (unpaired) electrons. The number of hydrogen-bond acceptors (Lipinski definition) is 5. The summed E-state index contributed by atoms with van der Waals surface area (Å²) in [5.74, 6) is -0.613. The fraction of sp³-hybridized carbons (Fsp3) is 0.636. The molecule has 1 saturated heterocycles. The Balaban J connectivity index is 2.43. The Bertz CT molecular complexity index is 636. The first-order valence-electron chi connectivity index (χ1n) is 6.07. The number of carboxylic acid groups (broad SMARTS) is 1. The van der Waals surface area contributed by atoms with Crippen molar-refractivity contribution in [3.05, 3.63) is 11.3 Å². The lowest BCUT2D eigenvalue weighted by Crippen LogP contribution is -2.46. The van der Waals surface area contributed by atoms with E-state index in [1.807, 2.05) is 13.8 Å². The first-order chi connectivity index (χ1) is 9.15. The molecule has 0 bridgehead atoms. The molecule has 1 aromatic rings. The van der Waals surface area contributed by atoms with Gasteiger partial charge in [0.15, 0.2) is 0 Å². The number of sulfonamides is 1. The molecule has 2 heterocycles. The molecule has 1 fully saturated rings. The average Bonchev–Trinajstić information content (AvgIpc) is 2.70. The van der Waals surface area contributed by atoms with Gasteiger partial charge in [-0.3, -0.25) is 5.10 Å². The second kappa shape index (κ2) is 5.05. The number of nitrogens with zero attached hydrogens (tertiary/aromatic N) is 2. The highest BCUT2D eigenvalue weighted by Crippen LogP contribution is 2.32. The first kappa shape index (κ1) is 15.3. The zero-order valence-electron chi connectivity index (χ0n) is 11.5. The van der Waals surface area contributed by atoms with Crippen LogP contribution in [0.4, 0.5) is 0 Å². The number of nitrogens with one attached hydrogen (secondary N) is 1. The van der Waals surface area contributed by atoms with Crippen molar-refractivity contribution in [2.24, 2.45) is 0 Å². The maximum absolute atomic E-state index is 12.6. The Kier molecular flexibility index (Phi) is 3.87. The van der Waals surface area contributed by atoms with E-state index in [4.69, 9.17) is 5.11 Å². The highest BCUT2D eigenvalue weighted by Gasteiger charge is 2.38. The second-order valence-corrected chi connectivity index (χ2v) is 8.94. The fourth-order valence-corrected chi connectivity index (χ4v) is 5.18. The van der Waals surface area contributed by atoms with Gasteiger partial charge in [-0.25, -0.2) is 13.2 Å². The van der Waals surface area contributed by atoms with Crippen molar-refractivity contribution in [3.63, 3.8) is 0 Å². The normalized spacial score (nSPS) is 19.9. The number of thioether (sulfide) groups is 1. The van der Waals surface area contributed by atoms with E-state index in [1.54, 1.807) is 11.8 Å². The molecular formula is C11H17N3O4S2. The third-order valence-corrected chi connectivity index (χ3v) is 6.18. The first-order valence-corrected chi connectivity index (χ1v) is 8.50. The Morgan fingerprint density at radius 2 is 2.15 bits per heavy atom. The van der Waals surface area contributed by atoms with Crippen LogP contribution in [0.15, 0.2) is 5.03 Å². The molecule has 9 heteroatoms. The summed E-state index contributed by atoms with van der Waals surface area (Å²) >= 11 is 1.70. The van der Waals surface area contributed by atoms with Crippen molar-refractivity contribution in [1.29, 1.82) is 0 Å². The Morgan fingerprint density at radius 1 is 1.50 bits per heavy atom. The number of aryl methyl sites for hydroxylation is 1. The monoisotopic (exact) mass is 319 g/mol. The summed E-state index contributed by atoms with van der Waals surface area (Å²) in [7, 11) is -3.89. The van der Waals surface area contributed by atoms with E-state index >= 15 is 0 Å². The third kappa shape index (κ3) is 2.70. The maximum atomic E-state index is 12.6. The van der Waals surface area contributed by atoms with E-state index < -0.39 is 21.0 Å². The zero-order chi connectivity index (χ0) is 15.1. The molecular weight excluding hydrogens is 302 g/mol. The summed E-state index contributed by atoms with van der Waals surface area (Å²) in [6.07, 6.45) is 0. The molecule has 112 valence electrons. The smallest absolute Gasteiger partial charge is 0.340 e. The number of rotatable bonds is 3. The van der Waals surface area contributed by atoms with E-state index in [0.29, 0.717) is 18.8 Å². The molecule has 0 aromatic carbocycles. The van der Waals surface area contributed by atoms with Crippen LogP contribution in [-0.4, -0.2) is 57.6 Å². The Hall–Kier alpha value is -1.06. The summed E-state index contributed by atoms with van der Waals surface area (Å²) in [5, 5.41) is 14.9. The van der Waals surface area contributed by atoms with E-state index in [9.17, 15) is 13.2 Å². The lowest BCUT2D eigenvalue weighted by molar-refractivity contribution is 0.0691. The van der Waals surface area contributed by atoms with E-state index in [2.05, 4.69) is 10.2 Å². The summed E-state index contributed by atoms with van der Waals surface area (Å²) in [6, 6.07) is 0. The molecule has 7 nitrogen and oxygen atoms in total.